The second-order valence-electron chi connectivity index (χ2n) is 7.43. The maximum Gasteiger partial charge on any atom is 0.338 e. The van der Waals surface area contributed by atoms with Crippen molar-refractivity contribution in [3.05, 3.63) is 89.5 Å². The Bertz CT molecular complexity index is 1250. The molecule has 32 heavy (non-hydrogen) atoms. The number of hydrogen-bond acceptors (Lipinski definition) is 6. The average Bonchev–Trinajstić information content (AvgIpc) is 3.45. The summed E-state index contributed by atoms with van der Waals surface area (Å²) >= 11 is 3.36. The van der Waals surface area contributed by atoms with Crippen LogP contribution >= 0.6 is 23.1 Å². The third kappa shape index (κ3) is 4.40. The van der Waals surface area contributed by atoms with Crippen LogP contribution in [0.4, 0.5) is 5.69 Å². The van der Waals surface area contributed by atoms with Crippen LogP contribution in [-0.4, -0.2) is 30.0 Å². The van der Waals surface area contributed by atoms with Crippen molar-refractivity contribution in [2.45, 2.75) is 16.5 Å². The van der Waals surface area contributed by atoms with Gasteiger partial charge in [0.1, 0.15) is 0 Å². The second kappa shape index (κ2) is 9.14. The molecule has 0 unspecified atom stereocenters. The largest absolute Gasteiger partial charge is 0.452 e. The van der Waals surface area contributed by atoms with Crippen LogP contribution in [0.2, 0.25) is 0 Å². The van der Waals surface area contributed by atoms with Crippen LogP contribution in [0.1, 0.15) is 21.5 Å². The normalized spacial score (nSPS) is 12.7. The number of rotatable bonds is 6. The molecular formula is C25H20N2O3S2. The molecule has 2 heterocycles. The molecule has 0 saturated heterocycles. The zero-order chi connectivity index (χ0) is 21.9. The van der Waals surface area contributed by atoms with Crippen molar-refractivity contribution in [2.24, 2.45) is 0 Å². The Kier molecular flexibility index (Phi) is 5.92. The van der Waals surface area contributed by atoms with Gasteiger partial charge in [-0.15, -0.1) is 11.3 Å². The maximum atomic E-state index is 12.5. The summed E-state index contributed by atoms with van der Waals surface area (Å²) in [5.41, 5.74) is 4.60. The van der Waals surface area contributed by atoms with E-state index in [1.807, 2.05) is 54.6 Å². The lowest BCUT2D eigenvalue weighted by atomic mass is 10.1. The Hall–Kier alpha value is -3.16. The lowest BCUT2D eigenvalue weighted by Crippen LogP contribution is -2.33. The van der Waals surface area contributed by atoms with E-state index in [1.54, 1.807) is 40.1 Å². The van der Waals surface area contributed by atoms with Gasteiger partial charge in [0, 0.05) is 18.0 Å². The van der Waals surface area contributed by atoms with Crippen LogP contribution in [0, 0.1) is 0 Å². The molecule has 1 aliphatic rings. The number of para-hydroxylation sites is 2. The number of benzene rings is 3. The second-order valence-corrected chi connectivity index (χ2v) is 9.69. The number of hydrogen-bond donors (Lipinski definition) is 0. The first-order chi connectivity index (χ1) is 15.7. The van der Waals surface area contributed by atoms with Crippen LogP contribution in [0.15, 0.2) is 77.1 Å². The molecule has 0 aliphatic carbocycles. The molecule has 0 saturated carbocycles. The Morgan fingerprint density at radius 2 is 1.78 bits per heavy atom. The molecule has 0 spiro atoms. The van der Waals surface area contributed by atoms with Crippen LogP contribution < -0.4 is 4.90 Å². The van der Waals surface area contributed by atoms with Crippen LogP contribution in [-0.2, 0) is 21.7 Å². The van der Waals surface area contributed by atoms with Crippen molar-refractivity contribution in [3.63, 3.8) is 0 Å². The molecule has 0 atom stereocenters. The summed E-state index contributed by atoms with van der Waals surface area (Å²) in [6.07, 6.45) is 0.826. The lowest BCUT2D eigenvalue weighted by Gasteiger charge is -2.17. The molecule has 1 aliphatic heterocycles. The van der Waals surface area contributed by atoms with E-state index in [0.717, 1.165) is 38.8 Å². The van der Waals surface area contributed by atoms with E-state index in [9.17, 15) is 9.59 Å². The Labute approximate surface area is 194 Å². The minimum absolute atomic E-state index is 0.202. The fourth-order valence-electron chi connectivity index (χ4n) is 3.68. The highest BCUT2D eigenvalue weighted by molar-refractivity contribution is 8.00. The quantitative estimate of drug-likeness (QED) is 0.287. The molecule has 0 fully saturated rings. The van der Waals surface area contributed by atoms with Gasteiger partial charge in [-0.2, -0.15) is 0 Å². The van der Waals surface area contributed by atoms with Crippen molar-refractivity contribution in [1.29, 1.82) is 0 Å². The highest BCUT2D eigenvalue weighted by atomic mass is 32.2. The first-order valence-electron chi connectivity index (χ1n) is 10.3. The Morgan fingerprint density at radius 3 is 2.62 bits per heavy atom. The minimum atomic E-state index is -0.490. The van der Waals surface area contributed by atoms with Gasteiger partial charge in [-0.25, -0.2) is 9.78 Å². The molecule has 0 N–H and O–H groups in total. The van der Waals surface area contributed by atoms with Crippen molar-refractivity contribution < 1.29 is 14.3 Å². The number of thiazole rings is 1. The number of anilines is 1. The fraction of sp³-hybridized carbons (Fsp3) is 0.160. The number of ether oxygens (including phenoxy) is 1. The van der Waals surface area contributed by atoms with E-state index in [2.05, 4.69) is 11.1 Å². The summed E-state index contributed by atoms with van der Waals surface area (Å²) in [5, 5.41) is 0. The molecule has 3 aromatic carbocycles. The first kappa shape index (κ1) is 20.7. The van der Waals surface area contributed by atoms with Gasteiger partial charge in [0.15, 0.2) is 10.9 Å². The molecule has 0 bridgehead atoms. The summed E-state index contributed by atoms with van der Waals surface area (Å²) in [6.45, 7) is 0.360. The van der Waals surface area contributed by atoms with Crippen LogP contribution in [0.5, 0.6) is 0 Å². The zero-order valence-electron chi connectivity index (χ0n) is 17.2. The summed E-state index contributed by atoms with van der Waals surface area (Å²) in [7, 11) is 0. The summed E-state index contributed by atoms with van der Waals surface area (Å²) in [5.74, 6) is 0.0745. The fourth-order valence-corrected chi connectivity index (χ4v) is 5.71. The number of esters is 1. The van der Waals surface area contributed by atoms with Gasteiger partial charge in [0.25, 0.3) is 5.91 Å². The summed E-state index contributed by atoms with van der Waals surface area (Å²) in [6, 6.07) is 23.2. The van der Waals surface area contributed by atoms with Gasteiger partial charge in [0.05, 0.1) is 15.8 Å². The monoisotopic (exact) mass is 460 g/mol. The predicted molar refractivity (Wildman–Crippen MR) is 128 cm³/mol. The van der Waals surface area contributed by atoms with Crippen molar-refractivity contribution >= 4 is 50.9 Å². The number of carbonyl (C=O) groups excluding carboxylic acids is 2. The average molecular weight is 461 g/mol. The molecule has 5 nitrogen and oxygen atoms in total. The molecule has 160 valence electrons. The van der Waals surface area contributed by atoms with Gasteiger partial charge in [-0.3, -0.25) is 4.79 Å². The Morgan fingerprint density at radius 1 is 1.00 bits per heavy atom. The number of nitrogens with zero attached hydrogens (tertiary/aromatic N) is 2. The van der Waals surface area contributed by atoms with E-state index in [4.69, 9.17) is 4.74 Å². The van der Waals surface area contributed by atoms with E-state index in [0.29, 0.717) is 12.1 Å². The third-order valence-electron chi connectivity index (χ3n) is 5.34. The summed E-state index contributed by atoms with van der Waals surface area (Å²) in [4.78, 5) is 31.2. The molecule has 1 aromatic heterocycles. The molecule has 5 rings (SSSR count). The van der Waals surface area contributed by atoms with E-state index >= 15 is 0 Å². The van der Waals surface area contributed by atoms with Gasteiger partial charge in [-0.05, 0) is 47.9 Å². The third-order valence-corrected chi connectivity index (χ3v) is 7.59. The predicted octanol–water partition coefficient (Wildman–Crippen LogP) is 5.33. The van der Waals surface area contributed by atoms with Gasteiger partial charge in [-0.1, -0.05) is 54.2 Å². The van der Waals surface area contributed by atoms with Gasteiger partial charge >= 0.3 is 5.97 Å². The molecule has 0 radical (unpaired) electrons. The SMILES string of the molecule is O=C(OCC(=O)N1CCc2ccccc21)c1ccc(CSc2nc3ccccc3s2)cc1. The minimum Gasteiger partial charge on any atom is -0.452 e. The number of carbonyl (C=O) groups is 2. The molecular weight excluding hydrogens is 440 g/mol. The highest BCUT2D eigenvalue weighted by Crippen LogP contribution is 2.31. The molecule has 1 amide bonds. The Balaban J connectivity index is 1.14. The topological polar surface area (TPSA) is 59.5 Å². The van der Waals surface area contributed by atoms with Crippen molar-refractivity contribution in [1.82, 2.24) is 4.98 Å². The van der Waals surface area contributed by atoms with Crippen LogP contribution in [0.25, 0.3) is 10.2 Å². The molecule has 4 aromatic rings. The number of amides is 1. The van der Waals surface area contributed by atoms with E-state index in [-0.39, 0.29) is 12.5 Å². The van der Waals surface area contributed by atoms with Gasteiger partial charge in [0.2, 0.25) is 0 Å². The standard InChI is InChI=1S/C25H20N2O3S2/c28-23(27-14-13-18-5-1-3-7-21(18)27)15-30-24(29)19-11-9-17(10-12-19)16-31-25-26-20-6-2-4-8-22(20)32-25/h1-12H,13-16H2. The van der Waals surface area contributed by atoms with E-state index in [1.165, 1.54) is 4.70 Å². The van der Waals surface area contributed by atoms with Crippen molar-refractivity contribution in [2.75, 3.05) is 18.1 Å². The number of fused-ring (bicyclic) bond motifs is 2. The van der Waals surface area contributed by atoms with Crippen molar-refractivity contribution in [3.8, 4) is 0 Å². The first-order valence-corrected chi connectivity index (χ1v) is 12.1. The summed E-state index contributed by atoms with van der Waals surface area (Å²) < 4.78 is 7.48. The number of aromatic nitrogens is 1. The zero-order valence-corrected chi connectivity index (χ0v) is 18.8. The van der Waals surface area contributed by atoms with E-state index < -0.39 is 5.97 Å². The van der Waals surface area contributed by atoms with Crippen LogP contribution in [0.3, 0.4) is 0 Å². The lowest BCUT2D eigenvalue weighted by molar-refractivity contribution is -0.121. The molecule has 7 heteroatoms. The smallest absolute Gasteiger partial charge is 0.338 e. The highest BCUT2D eigenvalue weighted by Gasteiger charge is 2.25. The number of thioether (sulfide) groups is 1. The van der Waals surface area contributed by atoms with Gasteiger partial charge < -0.3 is 9.64 Å². The maximum absolute atomic E-state index is 12.5.